The van der Waals surface area contributed by atoms with Crippen LogP contribution in [0.2, 0.25) is 0 Å². The molecule has 0 aromatic heterocycles. The SMILES string of the molecule is CC1NC(=O)C(C)(C)C1(C)C. The molecular formula is C9H17NO. The second kappa shape index (κ2) is 1.99. The van der Waals surface area contributed by atoms with Gasteiger partial charge >= 0.3 is 0 Å². The van der Waals surface area contributed by atoms with E-state index >= 15 is 0 Å². The van der Waals surface area contributed by atoms with Crippen molar-refractivity contribution in [3.8, 4) is 0 Å². The van der Waals surface area contributed by atoms with Crippen molar-refractivity contribution in [3.05, 3.63) is 0 Å². The standard InChI is InChI=1S/C9H17NO/c1-6-8(2,3)9(4,5)7(11)10-6/h6H,1-5H3,(H,10,11). The summed E-state index contributed by atoms with van der Waals surface area (Å²) in [5.74, 6) is 0.176. The normalized spacial score (nSPS) is 33.5. The first-order valence-electron chi connectivity index (χ1n) is 4.11. The molecule has 1 unspecified atom stereocenters. The topological polar surface area (TPSA) is 29.1 Å². The monoisotopic (exact) mass is 155 g/mol. The van der Waals surface area contributed by atoms with E-state index in [4.69, 9.17) is 0 Å². The fraction of sp³-hybridized carbons (Fsp3) is 0.889. The van der Waals surface area contributed by atoms with Crippen LogP contribution in [0.4, 0.5) is 0 Å². The minimum atomic E-state index is -0.230. The van der Waals surface area contributed by atoms with Crippen molar-refractivity contribution in [1.82, 2.24) is 5.32 Å². The highest BCUT2D eigenvalue weighted by molar-refractivity contribution is 5.85. The van der Waals surface area contributed by atoms with Crippen molar-refractivity contribution in [3.63, 3.8) is 0 Å². The number of hydrogen-bond donors (Lipinski definition) is 1. The number of hydrogen-bond acceptors (Lipinski definition) is 1. The lowest BCUT2D eigenvalue weighted by Gasteiger charge is -2.34. The summed E-state index contributed by atoms with van der Waals surface area (Å²) in [5.41, 5.74) is -0.170. The summed E-state index contributed by atoms with van der Waals surface area (Å²) in [6, 6.07) is 0.282. The lowest BCUT2D eigenvalue weighted by Crippen LogP contribution is -2.36. The maximum atomic E-state index is 11.4. The molecule has 1 heterocycles. The average molecular weight is 155 g/mol. The van der Waals surface area contributed by atoms with E-state index in [0.717, 1.165) is 0 Å². The Labute approximate surface area is 68.4 Å². The smallest absolute Gasteiger partial charge is 0.226 e. The van der Waals surface area contributed by atoms with Gasteiger partial charge in [0.05, 0.1) is 5.41 Å². The van der Waals surface area contributed by atoms with E-state index in [1.54, 1.807) is 0 Å². The lowest BCUT2D eigenvalue weighted by molar-refractivity contribution is -0.128. The molecule has 0 aliphatic carbocycles. The molecule has 1 atom stereocenters. The first kappa shape index (κ1) is 8.57. The van der Waals surface area contributed by atoms with Crippen LogP contribution >= 0.6 is 0 Å². The minimum absolute atomic E-state index is 0.0596. The van der Waals surface area contributed by atoms with Crippen LogP contribution in [0.15, 0.2) is 0 Å². The van der Waals surface area contributed by atoms with E-state index < -0.39 is 0 Å². The molecule has 1 amide bonds. The number of carbonyl (C=O) groups is 1. The molecule has 1 aliphatic heterocycles. The van der Waals surface area contributed by atoms with Gasteiger partial charge in [0.25, 0.3) is 0 Å². The highest BCUT2D eigenvalue weighted by atomic mass is 16.2. The Morgan fingerprint density at radius 2 is 1.73 bits per heavy atom. The molecule has 0 aromatic carbocycles. The van der Waals surface area contributed by atoms with E-state index in [0.29, 0.717) is 0 Å². The molecule has 11 heavy (non-hydrogen) atoms. The minimum Gasteiger partial charge on any atom is -0.353 e. The highest BCUT2D eigenvalue weighted by Gasteiger charge is 2.52. The molecule has 1 rings (SSSR count). The zero-order valence-electron chi connectivity index (χ0n) is 7.99. The molecule has 2 heteroatoms. The van der Waals surface area contributed by atoms with Crippen LogP contribution in [0, 0.1) is 10.8 Å². The molecule has 1 saturated heterocycles. The fourth-order valence-electron chi connectivity index (χ4n) is 1.39. The summed E-state index contributed by atoms with van der Waals surface area (Å²) in [6.45, 7) is 10.3. The quantitative estimate of drug-likeness (QED) is 0.565. The van der Waals surface area contributed by atoms with Crippen molar-refractivity contribution in [1.29, 1.82) is 0 Å². The third-order valence-electron chi connectivity index (χ3n) is 3.61. The van der Waals surface area contributed by atoms with E-state index in [1.807, 2.05) is 13.8 Å². The molecule has 64 valence electrons. The van der Waals surface area contributed by atoms with Gasteiger partial charge in [0, 0.05) is 6.04 Å². The van der Waals surface area contributed by atoms with E-state index in [1.165, 1.54) is 0 Å². The van der Waals surface area contributed by atoms with Crippen molar-refractivity contribution in [2.24, 2.45) is 10.8 Å². The molecule has 0 spiro atoms. The third-order valence-corrected chi connectivity index (χ3v) is 3.61. The molecule has 0 bridgehead atoms. The number of amides is 1. The van der Waals surface area contributed by atoms with Gasteiger partial charge in [-0.15, -0.1) is 0 Å². The zero-order chi connectivity index (χ0) is 8.86. The predicted octanol–water partition coefficient (Wildman–Crippen LogP) is 1.56. The average Bonchev–Trinajstić information content (AvgIpc) is 1.95. The van der Waals surface area contributed by atoms with Crippen molar-refractivity contribution < 1.29 is 4.79 Å². The summed E-state index contributed by atoms with van der Waals surface area (Å²) < 4.78 is 0. The molecule has 0 saturated carbocycles. The van der Waals surface area contributed by atoms with Crippen LogP contribution in [0.3, 0.4) is 0 Å². The summed E-state index contributed by atoms with van der Waals surface area (Å²) in [6.07, 6.45) is 0. The Hall–Kier alpha value is -0.530. The highest BCUT2D eigenvalue weighted by Crippen LogP contribution is 2.45. The van der Waals surface area contributed by atoms with Gasteiger partial charge in [-0.1, -0.05) is 27.7 Å². The van der Waals surface area contributed by atoms with Gasteiger partial charge in [-0.2, -0.15) is 0 Å². The summed E-state index contributed by atoms with van der Waals surface area (Å²) in [4.78, 5) is 11.4. The molecule has 1 N–H and O–H groups in total. The van der Waals surface area contributed by atoms with E-state index in [9.17, 15) is 4.79 Å². The Morgan fingerprint density at radius 1 is 1.27 bits per heavy atom. The Balaban J connectivity index is 3.04. The van der Waals surface area contributed by atoms with Crippen molar-refractivity contribution in [2.75, 3.05) is 0 Å². The Kier molecular flexibility index (Phi) is 1.55. The van der Waals surface area contributed by atoms with Crippen LogP contribution in [0.1, 0.15) is 34.6 Å². The van der Waals surface area contributed by atoms with E-state index in [2.05, 4.69) is 26.1 Å². The molecule has 0 radical (unpaired) electrons. The van der Waals surface area contributed by atoms with Crippen LogP contribution in [0.5, 0.6) is 0 Å². The van der Waals surface area contributed by atoms with Gasteiger partial charge in [-0.05, 0) is 12.3 Å². The van der Waals surface area contributed by atoms with Gasteiger partial charge in [0.1, 0.15) is 0 Å². The first-order chi connectivity index (χ1) is 4.80. The number of carbonyl (C=O) groups excluding carboxylic acids is 1. The lowest BCUT2D eigenvalue weighted by atomic mass is 9.67. The number of nitrogens with one attached hydrogen (secondary N) is 1. The van der Waals surface area contributed by atoms with Crippen LogP contribution < -0.4 is 5.32 Å². The van der Waals surface area contributed by atoms with Crippen molar-refractivity contribution >= 4 is 5.91 Å². The fourth-order valence-corrected chi connectivity index (χ4v) is 1.39. The van der Waals surface area contributed by atoms with Crippen LogP contribution in [-0.4, -0.2) is 11.9 Å². The van der Waals surface area contributed by atoms with Gasteiger partial charge < -0.3 is 5.32 Å². The van der Waals surface area contributed by atoms with Gasteiger partial charge in [-0.3, -0.25) is 4.79 Å². The van der Waals surface area contributed by atoms with Crippen LogP contribution in [0.25, 0.3) is 0 Å². The summed E-state index contributed by atoms with van der Waals surface area (Å²) in [5, 5.41) is 2.96. The van der Waals surface area contributed by atoms with Gasteiger partial charge in [0.2, 0.25) is 5.91 Å². The molecule has 0 aromatic rings. The predicted molar refractivity (Wildman–Crippen MR) is 45.2 cm³/mol. The van der Waals surface area contributed by atoms with Crippen molar-refractivity contribution in [2.45, 2.75) is 40.7 Å². The molecule has 1 aliphatic rings. The van der Waals surface area contributed by atoms with E-state index in [-0.39, 0.29) is 22.8 Å². The third kappa shape index (κ3) is 0.883. The molecule has 2 nitrogen and oxygen atoms in total. The largest absolute Gasteiger partial charge is 0.353 e. The van der Waals surface area contributed by atoms with Crippen LogP contribution in [-0.2, 0) is 4.79 Å². The molecular weight excluding hydrogens is 138 g/mol. The summed E-state index contributed by atoms with van der Waals surface area (Å²) in [7, 11) is 0. The molecule has 1 fully saturated rings. The summed E-state index contributed by atoms with van der Waals surface area (Å²) >= 11 is 0. The van der Waals surface area contributed by atoms with Gasteiger partial charge in [-0.25, -0.2) is 0 Å². The van der Waals surface area contributed by atoms with Gasteiger partial charge in [0.15, 0.2) is 0 Å². The Morgan fingerprint density at radius 3 is 1.82 bits per heavy atom. The number of rotatable bonds is 0. The second-order valence-electron chi connectivity index (χ2n) is 4.54. The zero-order valence-corrected chi connectivity index (χ0v) is 7.99. The Bertz CT molecular complexity index is 194. The second-order valence-corrected chi connectivity index (χ2v) is 4.54. The maximum absolute atomic E-state index is 11.4. The maximum Gasteiger partial charge on any atom is 0.226 e. The first-order valence-corrected chi connectivity index (χ1v) is 4.11.